The maximum atomic E-state index is 13.4. The molecule has 9 heteroatoms. The van der Waals surface area contributed by atoms with Crippen LogP contribution in [0.3, 0.4) is 0 Å². The molecule has 0 saturated carbocycles. The van der Waals surface area contributed by atoms with Gasteiger partial charge in [0.15, 0.2) is 0 Å². The van der Waals surface area contributed by atoms with Gasteiger partial charge in [0.1, 0.15) is 6.04 Å². The molecule has 2 aromatic carbocycles. The minimum Gasteiger partial charge on any atom is -0.381 e. The molecule has 3 aliphatic rings. The first-order valence-corrected chi connectivity index (χ1v) is 12.1. The van der Waals surface area contributed by atoms with Crippen molar-refractivity contribution in [2.45, 2.75) is 38.5 Å². The van der Waals surface area contributed by atoms with Crippen molar-refractivity contribution in [3.05, 3.63) is 64.7 Å². The minimum absolute atomic E-state index is 0.223. The van der Waals surface area contributed by atoms with E-state index >= 15 is 0 Å². The van der Waals surface area contributed by atoms with Crippen LogP contribution in [0.1, 0.15) is 39.9 Å². The molecule has 0 bridgehead atoms. The van der Waals surface area contributed by atoms with Crippen LogP contribution in [-0.4, -0.2) is 72.0 Å². The molecule has 3 amide bonds. The average molecular weight is 478 g/mol. The highest BCUT2D eigenvalue weighted by Gasteiger charge is 2.40. The van der Waals surface area contributed by atoms with Crippen LogP contribution in [-0.2, 0) is 34.0 Å². The molecule has 2 saturated heterocycles. The summed E-state index contributed by atoms with van der Waals surface area (Å²) in [5.41, 5.74) is 4.84. The number of nitrogens with one attached hydrogen (secondary N) is 2. The molecule has 2 fully saturated rings. The van der Waals surface area contributed by atoms with Crippen LogP contribution in [0.15, 0.2) is 42.5 Å². The molecule has 3 aliphatic heterocycles. The van der Waals surface area contributed by atoms with E-state index in [1.807, 2.05) is 12.1 Å². The summed E-state index contributed by atoms with van der Waals surface area (Å²) in [5, 5.41) is 9.10. The van der Waals surface area contributed by atoms with E-state index in [4.69, 9.17) is 4.74 Å². The quantitative estimate of drug-likeness (QED) is 0.612. The summed E-state index contributed by atoms with van der Waals surface area (Å²) >= 11 is 0. The summed E-state index contributed by atoms with van der Waals surface area (Å²) in [6, 6.07) is 13.6. The number of carbonyl (C=O) groups is 3. The van der Waals surface area contributed by atoms with Gasteiger partial charge in [0, 0.05) is 63.0 Å². The Kier molecular flexibility index (Phi) is 6.81. The van der Waals surface area contributed by atoms with Gasteiger partial charge in [-0.25, -0.2) is 5.01 Å². The van der Waals surface area contributed by atoms with Crippen LogP contribution in [0.5, 0.6) is 0 Å². The van der Waals surface area contributed by atoms with Gasteiger partial charge in [0.05, 0.1) is 13.2 Å². The second kappa shape index (κ2) is 10.2. The fourth-order valence-electron chi connectivity index (χ4n) is 4.98. The van der Waals surface area contributed by atoms with Gasteiger partial charge in [-0.3, -0.25) is 29.6 Å². The molecule has 0 aliphatic carbocycles. The van der Waals surface area contributed by atoms with Gasteiger partial charge < -0.3 is 10.1 Å². The molecule has 0 aromatic heterocycles. The van der Waals surface area contributed by atoms with Crippen LogP contribution in [0, 0.1) is 0 Å². The number of benzene rings is 2. The van der Waals surface area contributed by atoms with Crippen molar-refractivity contribution in [2.75, 3.05) is 38.7 Å². The van der Waals surface area contributed by atoms with Crippen molar-refractivity contribution in [2.24, 2.45) is 0 Å². The van der Waals surface area contributed by atoms with Gasteiger partial charge in [-0.15, -0.1) is 0 Å². The predicted octanol–water partition coefficient (Wildman–Crippen LogP) is 1.74. The fraction of sp³-hybridized carbons (Fsp3) is 0.423. The fourth-order valence-corrected chi connectivity index (χ4v) is 4.98. The van der Waals surface area contributed by atoms with E-state index in [0.717, 1.165) is 49.7 Å². The molecule has 0 radical (unpaired) electrons. The maximum absolute atomic E-state index is 13.4. The number of hydrogen-bond donors (Lipinski definition) is 2. The van der Waals surface area contributed by atoms with Crippen LogP contribution in [0.2, 0.25) is 0 Å². The maximum Gasteiger partial charge on any atom is 0.269 e. The summed E-state index contributed by atoms with van der Waals surface area (Å²) in [4.78, 5) is 39.7. The Bertz CT molecular complexity index is 1110. The average Bonchev–Trinajstić information content (AvgIpc) is 2.86. The molecule has 184 valence electrons. The van der Waals surface area contributed by atoms with Crippen LogP contribution in [0.4, 0.5) is 5.69 Å². The number of amides is 3. The molecule has 9 nitrogen and oxygen atoms in total. The van der Waals surface area contributed by atoms with E-state index in [1.165, 1.54) is 10.6 Å². The highest BCUT2D eigenvalue weighted by Crippen LogP contribution is 2.31. The molecule has 35 heavy (non-hydrogen) atoms. The minimum atomic E-state index is -0.675. The number of anilines is 1. The Morgan fingerprint density at radius 1 is 1.03 bits per heavy atom. The highest BCUT2D eigenvalue weighted by molar-refractivity contribution is 6.04. The molecule has 1 atom stereocenters. The zero-order valence-electron chi connectivity index (χ0n) is 20.0. The third-order valence-corrected chi connectivity index (χ3v) is 6.89. The molecule has 2 aromatic rings. The number of carbonyl (C=O) groups excluding carboxylic acids is 3. The van der Waals surface area contributed by atoms with Crippen molar-refractivity contribution in [3.63, 3.8) is 0 Å². The van der Waals surface area contributed by atoms with Crippen molar-refractivity contribution in [1.29, 1.82) is 0 Å². The van der Waals surface area contributed by atoms with Crippen molar-refractivity contribution >= 4 is 23.4 Å². The lowest BCUT2D eigenvalue weighted by Crippen LogP contribution is -2.60. The van der Waals surface area contributed by atoms with Crippen LogP contribution in [0.25, 0.3) is 0 Å². The predicted molar refractivity (Wildman–Crippen MR) is 130 cm³/mol. The van der Waals surface area contributed by atoms with E-state index in [-0.39, 0.29) is 18.2 Å². The molecule has 3 heterocycles. The van der Waals surface area contributed by atoms with Crippen LogP contribution >= 0.6 is 0 Å². The number of morpholine rings is 1. The first kappa shape index (κ1) is 23.5. The number of rotatable bonds is 6. The molecule has 0 spiro atoms. The standard InChI is InChI=1S/C26H31N5O4/c1-29-17-21-20(26(34)31(29)23-9-10-24(32)28-25(23)33)3-2-4-22(21)27-15-18-5-7-19(8-6-18)16-30-11-13-35-14-12-30/h2-8,23,27H,9-17H2,1H3,(H,28,32,33). The number of hydrazine groups is 1. The van der Waals surface area contributed by atoms with Gasteiger partial charge >= 0.3 is 0 Å². The highest BCUT2D eigenvalue weighted by atomic mass is 16.5. The van der Waals surface area contributed by atoms with E-state index < -0.39 is 11.9 Å². The molecule has 1 unspecified atom stereocenters. The third-order valence-electron chi connectivity index (χ3n) is 6.89. The SMILES string of the molecule is CN1Cc2c(NCc3ccc(CN4CCOCC4)cc3)cccc2C(=O)N1C1CCC(=O)NC1=O. The number of hydrogen-bond acceptors (Lipinski definition) is 7. The monoisotopic (exact) mass is 477 g/mol. The molecular weight excluding hydrogens is 446 g/mol. The van der Waals surface area contributed by atoms with Crippen molar-refractivity contribution in [3.8, 4) is 0 Å². The smallest absolute Gasteiger partial charge is 0.269 e. The van der Waals surface area contributed by atoms with Gasteiger partial charge in [0.25, 0.3) is 11.8 Å². The topological polar surface area (TPSA) is 94.2 Å². The summed E-state index contributed by atoms with van der Waals surface area (Å²) in [6.07, 6.45) is 0.559. The van der Waals surface area contributed by atoms with Crippen molar-refractivity contribution in [1.82, 2.24) is 20.2 Å². The van der Waals surface area contributed by atoms with Gasteiger partial charge in [-0.2, -0.15) is 0 Å². The molecule has 5 rings (SSSR count). The van der Waals surface area contributed by atoms with Gasteiger partial charge in [-0.05, 0) is 29.7 Å². The second-order valence-electron chi connectivity index (χ2n) is 9.32. The van der Waals surface area contributed by atoms with Crippen LogP contribution < -0.4 is 10.6 Å². The molecular formula is C26H31N5O4. The number of nitrogens with zero attached hydrogens (tertiary/aromatic N) is 3. The number of ether oxygens (including phenoxy) is 1. The zero-order chi connectivity index (χ0) is 24.4. The Balaban J connectivity index is 1.26. The number of fused-ring (bicyclic) bond motifs is 1. The summed E-state index contributed by atoms with van der Waals surface area (Å²) < 4.78 is 5.42. The Morgan fingerprint density at radius 2 is 1.77 bits per heavy atom. The lowest BCUT2D eigenvalue weighted by molar-refractivity contribution is -0.142. The van der Waals surface area contributed by atoms with E-state index in [1.54, 1.807) is 18.1 Å². The first-order chi connectivity index (χ1) is 17.0. The Labute approximate surface area is 205 Å². The van der Waals surface area contributed by atoms with E-state index in [9.17, 15) is 14.4 Å². The summed E-state index contributed by atoms with van der Waals surface area (Å²) in [5.74, 6) is -0.935. The van der Waals surface area contributed by atoms with Gasteiger partial charge in [-0.1, -0.05) is 30.3 Å². The Hall–Kier alpha value is -3.27. The molecule has 2 N–H and O–H groups in total. The second-order valence-corrected chi connectivity index (χ2v) is 9.32. The lowest BCUT2D eigenvalue weighted by atomic mass is 9.98. The zero-order valence-corrected chi connectivity index (χ0v) is 20.0. The number of imide groups is 1. The normalized spacial score (nSPS) is 21.6. The third kappa shape index (κ3) is 5.07. The lowest BCUT2D eigenvalue weighted by Gasteiger charge is -2.42. The van der Waals surface area contributed by atoms with Crippen molar-refractivity contribution < 1.29 is 19.1 Å². The largest absolute Gasteiger partial charge is 0.381 e. The van der Waals surface area contributed by atoms with E-state index in [2.05, 4.69) is 39.8 Å². The number of piperidine rings is 1. The summed E-state index contributed by atoms with van der Waals surface area (Å²) in [7, 11) is 1.80. The van der Waals surface area contributed by atoms with E-state index in [0.29, 0.717) is 25.1 Å². The van der Waals surface area contributed by atoms with Gasteiger partial charge in [0.2, 0.25) is 5.91 Å². The Morgan fingerprint density at radius 3 is 2.51 bits per heavy atom. The summed E-state index contributed by atoms with van der Waals surface area (Å²) in [6.45, 7) is 5.59. The first-order valence-electron chi connectivity index (χ1n) is 12.1.